The third kappa shape index (κ3) is 2.47. The van der Waals surface area contributed by atoms with Gasteiger partial charge in [-0.3, -0.25) is 0 Å². The molecule has 1 N–H and O–H groups in total. The summed E-state index contributed by atoms with van der Waals surface area (Å²) >= 11 is -1.84. The molecule has 0 aliphatic heterocycles. The Morgan fingerprint density at radius 1 is 1.13 bits per heavy atom. The molecule has 15 heavy (non-hydrogen) atoms. The lowest BCUT2D eigenvalue weighted by Crippen LogP contribution is -2.07. The second-order valence-corrected chi connectivity index (χ2v) is 5.06. The molecule has 1 unspecified atom stereocenters. The van der Waals surface area contributed by atoms with E-state index < -0.39 is 11.1 Å². The minimum atomic E-state index is -1.84. The molecule has 0 bridgehead atoms. The van der Waals surface area contributed by atoms with E-state index >= 15 is 0 Å². The highest BCUT2D eigenvalue weighted by molar-refractivity contribution is 7.79. The van der Waals surface area contributed by atoms with Crippen molar-refractivity contribution >= 4 is 11.1 Å². The lowest BCUT2D eigenvalue weighted by molar-refractivity contribution is 0.438. The van der Waals surface area contributed by atoms with Gasteiger partial charge in [-0.05, 0) is 30.4 Å². The van der Waals surface area contributed by atoms with E-state index in [-0.39, 0.29) is 0 Å². The van der Waals surface area contributed by atoms with E-state index in [9.17, 15) is 8.76 Å². The van der Waals surface area contributed by atoms with E-state index in [1.807, 2.05) is 18.2 Å². The van der Waals surface area contributed by atoms with Crippen molar-refractivity contribution in [2.24, 2.45) is 0 Å². The summed E-state index contributed by atoms with van der Waals surface area (Å²) in [6, 6.07) is 7.55. The SMILES string of the molecule is O=S(O)c1ccccc1C1CCCCC1. The van der Waals surface area contributed by atoms with Crippen LogP contribution in [0.5, 0.6) is 0 Å². The van der Waals surface area contributed by atoms with Gasteiger partial charge in [0.25, 0.3) is 0 Å². The first-order valence-corrected chi connectivity index (χ1v) is 6.59. The fourth-order valence-corrected chi connectivity index (χ4v) is 3.02. The Morgan fingerprint density at radius 2 is 1.80 bits per heavy atom. The third-order valence-corrected chi connectivity index (χ3v) is 3.90. The number of hydrogen-bond acceptors (Lipinski definition) is 1. The van der Waals surface area contributed by atoms with Crippen LogP contribution in [0.15, 0.2) is 29.2 Å². The number of benzene rings is 1. The summed E-state index contributed by atoms with van der Waals surface area (Å²) < 4.78 is 20.4. The Labute approximate surface area is 93.0 Å². The largest absolute Gasteiger partial charge is 0.302 e. The van der Waals surface area contributed by atoms with Gasteiger partial charge in [0.1, 0.15) is 0 Å². The van der Waals surface area contributed by atoms with Crippen LogP contribution in [0.4, 0.5) is 0 Å². The highest BCUT2D eigenvalue weighted by Gasteiger charge is 2.19. The minimum absolute atomic E-state index is 0.492. The van der Waals surface area contributed by atoms with Gasteiger partial charge in [-0.15, -0.1) is 0 Å². The molecule has 1 atom stereocenters. The number of hydrogen-bond donors (Lipinski definition) is 1. The van der Waals surface area contributed by atoms with Gasteiger partial charge in [0.05, 0.1) is 4.90 Å². The van der Waals surface area contributed by atoms with Crippen molar-refractivity contribution in [2.75, 3.05) is 0 Å². The zero-order chi connectivity index (χ0) is 10.7. The van der Waals surface area contributed by atoms with Crippen molar-refractivity contribution in [1.82, 2.24) is 0 Å². The molecule has 1 aliphatic rings. The van der Waals surface area contributed by atoms with Crippen molar-refractivity contribution in [1.29, 1.82) is 0 Å². The molecule has 1 aromatic carbocycles. The Hall–Kier alpha value is -0.670. The molecule has 0 saturated heterocycles. The second kappa shape index (κ2) is 4.90. The van der Waals surface area contributed by atoms with E-state index in [1.54, 1.807) is 6.07 Å². The maximum Gasteiger partial charge on any atom is 0.186 e. The molecule has 82 valence electrons. The summed E-state index contributed by atoms with van der Waals surface area (Å²) in [5.41, 5.74) is 1.08. The quantitative estimate of drug-likeness (QED) is 0.782. The third-order valence-electron chi connectivity index (χ3n) is 3.15. The van der Waals surface area contributed by atoms with Crippen molar-refractivity contribution < 1.29 is 8.76 Å². The van der Waals surface area contributed by atoms with E-state index in [0.29, 0.717) is 10.8 Å². The monoisotopic (exact) mass is 224 g/mol. The van der Waals surface area contributed by atoms with Crippen LogP contribution in [-0.2, 0) is 11.1 Å². The zero-order valence-corrected chi connectivity index (χ0v) is 9.50. The average Bonchev–Trinajstić information content (AvgIpc) is 2.30. The molecule has 1 saturated carbocycles. The first-order valence-electron chi connectivity index (χ1n) is 5.49. The zero-order valence-electron chi connectivity index (χ0n) is 8.69. The van der Waals surface area contributed by atoms with Gasteiger partial charge >= 0.3 is 0 Å². The molecule has 0 heterocycles. The summed E-state index contributed by atoms with van der Waals surface area (Å²) in [6.07, 6.45) is 6.12. The van der Waals surface area contributed by atoms with Gasteiger partial charge in [-0.25, -0.2) is 4.21 Å². The molecule has 3 heteroatoms. The maximum absolute atomic E-state index is 11.2. The van der Waals surface area contributed by atoms with Gasteiger partial charge in [0, 0.05) is 0 Å². The van der Waals surface area contributed by atoms with E-state index in [0.717, 1.165) is 18.4 Å². The summed E-state index contributed by atoms with van der Waals surface area (Å²) in [5.74, 6) is 0.492. The van der Waals surface area contributed by atoms with Crippen LogP contribution in [0.25, 0.3) is 0 Å². The van der Waals surface area contributed by atoms with Gasteiger partial charge in [0.2, 0.25) is 0 Å². The van der Waals surface area contributed by atoms with E-state index in [1.165, 1.54) is 19.3 Å². The molecule has 0 radical (unpaired) electrons. The van der Waals surface area contributed by atoms with Gasteiger partial charge in [-0.2, -0.15) is 0 Å². The predicted octanol–water partition coefficient (Wildman–Crippen LogP) is 3.31. The second-order valence-electron chi connectivity index (χ2n) is 4.12. The lowest BCUT2D eigenvalue weighted by Gasteiger charge is -2.23. The highest BCUT2D eigenvalue weighted by atomic mass is 32.2. The number of rotatable bonds is 2. The van der Waals surface area contributed by atoms with E-state index in [2.05, 4.69) is 0 Å². The molecule has 2 nitrogen and oxygen atoms in total. The summed E-state index contributed by atoms with van der Waals surface area (Å²) in [6.45, 7) is 0. The predicted molar refractivity (Wildman–Crippen MR) is 61.3 cm³/mol. The molecule has 0 aromatic heterocycles. The Morgan fingerprint density at radius 3 is 2.47 bits per heavy atom. The smallest absolute Gasteiger partial charge is 0.186 e. The molecule has 1 fully saturated rings. The Balaban J connectivity index is 2.29. The van der Waals surface area contributed by atoms with Crippen molar-refractivity contribution in [2.45, 2.75) is 42.9 Å². The normalized spacial score (nSPS) is 20.1. The van der Waals surface area contributed by atoms with Crippen molar-refractivity contribution in [3.8, 4) is 0 Å². The van der Waals surface area contributed by atoms with Gasteiger partial charge in [-0.1, -0.05) is 37.5 Å². The Bertz CT molecular complexity index is 356. The summed E-state index contributed by atoms with van der Waals surface area (Å²) in [7, 11) is 0. The van der Waals surface area contributed by atoms with Crippen molar-refractivity contribution in [3.05, 3.63) is 29.8 Å². The van der Waals surface area contributed by atoms with Crippen LogP contribution in [0.1, 0.15) is 43.6 Å². The van der Waals surface area contributed by atoms with Crippen LogP contribution in [-0.4, -0.2) is 8.76 Å². The minimum Gasteiger partial charge on any atom is -0.302 e. The first-order chi connectivity index (χ1) is 7.29. The van der Waals surface area contributed by atoms with Crippen LogP contribution >= 0.6 is 0 Å². The molecule has 0 spiro atoms. The maximum atomic E-state index is 11.2. The molecule has 2 rings (SSSR count). The van der Waals surface area contributed by atoms with Crippen LogP contribution in [0.2, 0.25) is 0 Å². The molecular formula is C12H16O2S. The van der Waals surface area contributed by atoms with E-state index in [4.69, 9.17) is 0 Å². The standard InChI is InChI=1S/C12H16O2S/c13-15(14)12-9-5-4-8-11(12)10-6-2-1-3-7-10/h4-5,8-10H,1-3,6-7H2,(H,13,14). The first kappa shape index (κ1) is 10.8. The Kier molecular flexibility index (Phi) is 3.54. The molecule has 1 aromatic rings. The summed E-state index contributed by atoms with van der Waals surface area (Å²) in [4.78, 5) is 0.601. The average molecular weight is 224 g/mol. The van der Waals surface area contributed by atoms with Crippen LogP contribution in [0.3, 0.4) is 0 Å². The molecule has 0 amide bonds. The van der Waals surface area contributed by atoms with Crippen molar-refractivity contribution in [3.63, 3.8) is 0 Å². The van der Waals surface area contributed by atoms with Crippen LogP contribution in [0, 0.1) is 0 Å². The highest BCUT2D eigenvalue weighted by Crippen LogP contribution is 2.35. The topological polar surface area (TPSA) is 37.3 Å². The van der Waals surface area contributed by atoms with Gasteiger partial charge in [0.15, 0.2) is 11.1 Å². The fourth-order valence-electron chi connectivity index (χ4n) is 2.39. The van der Waals surface area contributed by atoms with Crippen LogP contribution < -0.4 is 0 Å². The van der Waals surface area contributed by atoms with Gasteiger partial charge < -0.3 is 4.55 Å². The lowest BCUT2D eigenvalue weighted by atomic mass is 9.84. The molecule has 1 aliphatic carbocycles. The molecular weight excluding hydrogens is 208 g/mol. The fraction of sp³-hybridized carbons (Fsp3) is 0.500. The summed E-state index contributed by atoms with van der Waals surface area (Å²) in [5, 5.41) is 0.